The molecular weight excluding hydrogens is 296 g/mol. The second-order valence-corrected chi connectivity index (χ2v) is 7.57. The van der Waals surface area contributed by atoms with E-state index < -0.39 is 5.60 Å². The Morgan fingerprint density at radius 3 is 2.74 bits per heavy atom. The van der Waals surface area contributed by atoms with Crippen LogP contribution in [0.1, 0.15) is 47.5 Å². The van der Waals surface area contributed by atoms with Crippen LogP contribution in [0.4, 0.5) is 4.79 Å². The quantitative estimate of drug-likeness (QED) is 0.781. The smallest absolute Gasteiger partial charge is 0.407 e. The fraction of sp³-hybridized carbons (Fsp3) is 0.941. The van der Waals surface area contributed by atoms with Crippen molar-refractivity contribution in [2.24, 2.45) is 5.92 Å². The third kappa shape index (κ3) is 5.06. The van der Waals surface area contributed by atoms with Crippen molar-refractivity contribution in [3.63, 3.8) is 0 Å². The normalized spacial score (nSPS) is 31.7. The Balaban J connectivity index is 1.92. The van der Waals surface area contributed by atoms with Crippen LogP contribution in [0.2, 0.25) is 0 Å². The van der Waals surface area contributed by atoms with E-state index in [1.54, 1.807) is 0 Å². The molecule has 2 fully saturated rings. The van der Waals surface area contributed by atoms with Crippen LogP contribution in [-0.2, 0) is 14.2 Å². The lowest BCUT2D eigenvalue weighted by molar-refractivity contribution is -0.131. The summed E-state index contributed by atoms with van der Waals surface area (Å²) in [5.74, 6) is 0.369. The van der Waals surface area contributed by atoms with Gasteiger partial charge in [0.2, 0.25) is 0 Å². The fourth-order valence-corrected chi connectivity index (χ4v) is 3.42. The van der Waals surface area contributed by atoms with Crippen LogP contribution in [0, 0.1) is 5.92 Å². The van der Waals surface area contributed by atoms with E-state index >= 15 is 0 Å². The van der Waals surface area contributed by atoms with Crippen LogP contribution in [0.15, 0.2) is 0 Å². The van der Waals surface area contributed by atoms with Crippen molar-refractivity contribution in [2.75, 3.05) is 19.8 Å². The van der Waals surface area contributed by atoms with Gasteiger partial charge in [-0.25, -0.2) is 4.79 Å². The molecule has 6 nitrogen and oxygen atoms in total. The second kappa shape index (κ2) is 7.81. The second-order valence-electron chi connectivity index (χ2n) is 7.57. The molecule has 5 unspecified atom stereocenters. The van der Waals surface area contributed by atoms with Gasteiger partial charge < -0.3 is 24.8 Å². The molecule has 1 saturated carbocycles. The molecule has 6 heteroatoms. The number of rotatable bonds is 6. The molecule has 0 spiro atoms. The van der Waals surface area contributed by atoms with Gasteiger partial charge in [0.05, 0.1) is 24.8 Å². The van der Waals surface area contributed by atoms with Crippen LogP contribution < -0.4 is 10.6 Å². The summed E-state index contributed by atoms with van der Waals surface area (Å²) in [6, 6.07) is 0.386. The van der Waals surface area contributed by atoms with Crippen molar-refractivity contribution in [3.05, 3.63) is 0 Å². The number of hydrogen-bond acceptors (Lipinski definition) is 5. The predicted molar refractivity (Wildman–Crippen MR) is 88.5 cm³/mol. The molecular formula is C17H32N2O4. The van der Waals surface area contributed by atoms with Crippen molar-refractivity contribution in [1.29, 1.82) is 0 Å². The Morgan fingerprint density at radius 2 is 2.09 bits per heavy atom. The van der Waals surface area contributed by atoms with Crippen molar-refractivity contribution in [3.8, 4) is 0 Å². The Morgan fingerprint density at radius 1 is 1.35 bits per heavy atom. The number of carbonyl (C=O) groups excluding carboxylic acids is 1. The van der Waals surface area contributed by atoms with E-state index in [4.69, 9.17) is 14.2 Å². The van der Waals surface area contributed by atoms with Gasteiger partial charge in [-0.1, -0.05) is 0 Å². The minimum Gasteiger partial charge on any atom is -0.444 e. The average molecular weight is 328 g/mol. The SMILES string of the molecule is CCOCC(C)NC1C(NC(=O)OC(C)(C)C)C2CCCOC21. The maximum atomic E-state index is 12.1. The molecule has 1 aliphatic carbocycles. The number of hydrogen-bond donors (Lipinski definition) is 2. The zero-order valence-corrected chi connectivity index (χ0v) is 15.1. The van der Waals surface area contributed by atoms with Gasteiger partial charge >= 0.3 is 6.09 Å². The lowest BCUT2D eigenvalue weighted by Gasteiger charge is -2.54. The molecule has 5 atom stereocenters. The van der Waals surface area contributed by atoms with Crippen LogP contribution in [0.25, 0.3) is 0 Å². The lowest BCUT2D eigenvalue weighted by Crippen LogP contribution is -2.74. The Labute approximate surface area is 139 Å². The zero-order chi connectivity index (χ0) is 17.0. The summed E-state index contributed by atoms with van der Waals surface area (Å²) in [7, 11) is 0. The molecule has 1 heterocycles. The first kappa shape index (κ1) is 18.5. The van der Waals surface area contributed by atoms with E-state index in [1.165, 1.54) is 0 Å². The predicted octanol–water partition coefficient (Wildman–Crippen LogP) is 2.07. The number of amides is 1. The molecule has 1 amide bonds. The Bertz CT molecular complexity index is 397. The summed E-state index contributed by atoms with van der Waals surface area (Å²) in [5, 5.41) is 6.59. The Kier molecular flexibility index (Phi) is 6.28. The molecule has 0 aromatic rings. The number of carbonyl (C=O) groups is 1. The van der Waals surface area contributed by atoms with Crippen molar-refractivity contribution in [2.45, 2.75) is 77.3 Å². The summed E-state index contributed by atoms with van der Waals surface area (Å²) in [5.41, 5.74) is -0.485. The van der Waals surface area contributed by atoms with E-state index in [0.717, 1.165) is 19.4 Å². The average Bonchev–Trinajstić information content (AvgIpc) is 2.46. The monoisotopic (exact) mass is 328 g/mol. The topological polar surface area (TPSA) is 68.8 Å². The number of ether oxygens (including phenoxy) is 3. The maximum Gasteiger partial charge on any atom is 0.407 e. The van der Waals surface area contributed by atoms with Crippen LogP contribution in [0.3, 0.4) is 0 Å². The molecule has 2 rings (SSSR count). The number of nitrogens with one attached hydrogen (secondary N) is 2. The molecule has 0 radical (unpaired) electrons. The highest BCUT2D eigenvalue weighted by molar-refractivity contribution is 5.68. The van der Waals surface area contributed by atoms with E-state index in [-0.39, 0.29) is 30.3 Å². The van der Waals surface area contributed by atoms with Gasteiger partial charge in [-0.05, 0) is 47.5 Å². The summed E-state index contributed by atoms with van der Waals surface area (Å²) in [4.78, 5) is 12.1. The Hall–Kier alpha value is -0.850. The maximum absolute atomic E-state index is 12.1. The molecule has 1 aliphatic heterocycles. The highest BCUT2D eigenvalue weighted by Gasteiger charge is 2.53. The van der Waals surface area contributed by atoms with Crippen LogP contribution in [-0.4, -0.2) is 55.7 Å². The van der Waals surface area contributed by atoms with E-state index in [9.17, 15) is 4.79 Å². The van der Waals surface area contributed by atoms with Crippen molar-refractivity contribution >= 4 is 6.09 Å². The van der Waals surface area contributed by atoms with Gasteiger partial charge in [0, 0.05) is 25.2 Å². The summed E-state index contributed by atoms with van der Waals surface area (Å²) in [6.45, 7) is 11.9. The molecule has 134 valence electrons. The molecule has 0 aromatic heterocycles. The van der Waals surface area contributed by atoms with Gasteiger partial charge in [0.1, 0.15) is 5.60 Å². The number of alkyl carbamates (subject to hydrolysis) is 1. The fourth-order valence-electron chi connectivity index (χ4n) is 3.42. The third-order valence-electron chi connectivity index (χ3n) is 4.35. The molecule has 2 aliphatic rings. The third-order valence-corrected chi connectivity index (χ3v) is 4.35. The van der Waals surface area contributed by atoms with Crippen LogP contribution >= 0.6 is 0 Å². The first-order chi connectivity index (χ1) is 10.8. The zero-order valence-electron chi connectivity index (χ0n) is 15.1. The molecule has 0 bridgehead atoms. The van der Waals surface area contributed by atoms with Gasteiger partial charge in [0.15, 0.2) is 0 Å². The van der Waals surface area contributed by atoms with E-state index in [2.05, 4.69) is 17.6 Å². The minimum atomic E-state index is -0.485. The lowest BCUT2D eigenvalue weighted by atomic mass is 9.68. The van der Waals surface area contributed by atoms with Gasteiger partial charge in [-0.3, -0.25) is 0 Å². The van der Waals surface area contributed by atoms with Gasteiger partial charge in [0.25, 0.3) is 0 Å². The molecule has 23 heavy (non-hydrogen) atoms. The van der Waals surface area contributed by atoms with Gasteiger partial charge in [-0.15, -0.1) is 0 Å². The number of fused-ring (bicyclic) bond motifs is 1. The van der Waals surface area contributed by atoms with E-state index in [0.29, 0.717) is 19.1 Å². The largest absolute Gasteiger partial charge is 0.444 e. The molecule has 0 aromatic carbocycles. The first-order valence-electron chi connectivity index (χ1n) is 8.76. The highest BCUT2D eigenvalue weighted by atomic mass is 16.6. The standard InChI is InChI=1S/C17H32N2O4/c1-6-21-10-11(2)18-14-13(12-8-7-9-22-15(12)14)19-16(20)23-17(3,4)5/h11-15,18H,6-10H2,1-5H3,(H,19,20). The molecule has 1 saturated heterocycles. The summed E-state index contributed by atoms with van der Waals surface area (Å²) >= 11 is 0. The summed E-state index contributed by atoms with van der Waals surface area (Å²) in [6.07, 6.45) is 1.96. The van der Waals surface area contributed by atoms with Gasteiger partial charge in [-0.2, -0.15) is 0 Å². The highest BCUT2D eigenvalue weighted by Crippen LogP contribution is 2.38. The van der Waals surface area contributed by atoms with Crippen LogP contribution in [0.5, 0.6) is 0 Å². The summed E-state index contributed by atoms with van der Waals surface area (Å²) < 4.78 is 16.8. The van der Waals surface area contributed by atoms with Crippen molar-refractivity contribution in [1.82, 2.24) is 10.6 Å². The first-order valence-corrected chi connectivity index (χ1v) is 8.76. The van der Waals surface area contributed by atoms with E-state index in [1.807, 2.05) is 27.7 Å². The minimum absolute atomic E-state index is 0.0548. The molecule has 2 N–H and O–H groups in total. The van der Waals surface area contributed by atoms with Crippen molar-refractivity contribution < 1.29 is 19.0 Å².